The van der Waals surface area contributed by atoms with Crippen LogP contribution < -0.4 is 5.73 Å². The number of aromatic nitrogens is 3. The molecule has 0 saturated carbocycles. The fourth-order valence-electron chi connectivity index (χ4n) is 2.05. The molecule has 0 radical (unpaired) electrons. The Bertz CT molecular complexity index is 711. The Kier molecular flexibility index (Phi) is 2.33. The third kappa shape index (κ3) is 1.73. The second kappa shape index (κ2) is 3.87. The lowest BCUT2D eigenvalue weighted by Crippen LogP contribution is -2.04. The van der Waals surface area contributed by atoms with Crippen LogP contribution in [0.2, 0.25) is 0 Å². The van der Waals surface area contributed by atoms with Crippen molar-refractivity contribution in [3.8, 4) is 0 Å². The van der Waals surface area contributed by atoms with E-state index in [-0.39, 0.29) is 0 Å². The fraction of sp³-hybridized carbons (Fsp3) is 0.231. The highest BCUT2D eigenvalue weighted by atomic mass is 16.3. The van der Waals surface area contributed by atoms with Crippen LogP contribution in [-0.4, -0.2) is 14.8 Å². The van der Waals surface area contributed by atoms with Gasteiger partial charge in [0, 0.05) is 5.69 Å². The van der Waals surface area contributed by atoms with E-state index in [0.717, 1.165) is 11.4 Å². The molecule has 0 aliphatic heterocycles. The SMILES string of the molecule is Cc1cc(C)n(Cc2nc3c(N)cccc3o2)n1. The van der Waals surface area contributed by atoms with Gasteiger partial charge in [-0.3, -0.25) is 4.68 Å². The molecule has 5 nitrogen and oxygen atoms in total. The molecule has 2 N–H and O–H groups in total. The summed E-state index contributed by atoms with van der Waals surface area (Å²) in [4.78, 5) is 4.41. The molecule has 2 aromatic heterocycles. The zero-order valence-corrected chi connectivity index (χ0v) is 10.3. The van der Waals surface area contributed by atoms with Crippen LogP contribution in [0.15, 0.2) is 28.7 Å². The van der Waals surface area contributed by atoms with Crippen LogP contribution in [0.3, 0.4) is 0 Å². The molecule has 1 aromatic carbocycles. The number of aryl methyl sites for hydroxylation is 2. The molecule has 0 fully saturated rings. The Balaban J connectivity index is 2.00. The van der Waals surface area contributed by atoms with Gasteiger partial charge in [0.1, 0.15) is 12.1 Å². The van der Waals surface area contributed by atoms with Crippen LogP contribution in [0, 0.1) is 13.8 Å². The fourth-order valence-corrected chi connectivity index (χ4v) is 2.05. The van der Waals surface area contributed by atoms with Crippen molar-refractivity contribution in [1.29, 1.82) is 0 Å². The second-order valence-electron chi connectivity index (χ2n) is 4.39. The van der Waals surface area contributed by atoms with Gasteiger partial charge in [0.25, 0.3) is 0 Å². The Morgan fingerprint density at radius 3 is 2.83 bits per heavy atom. The maximum atomic E-state index is 5.85. The van der Waals surface area contributed by atoms with Gasteiger partial charge < -0.3 is 10.2 Å². The van der Waals surface area contributed by atoms with Crippen LogP contribution in [0.25, 0.3) is 11.1 Å². The van der Waals surface area contributed by atoms with Gasteiger partial charge in [-0.2, -0.15) is 5.10 Å². The molecule has 0 aliphatic carbocycles. The maximum absolute atomic E-state index is 5.85. The Hall–Kier alpha value is -2.30. The number of hydrogen-bond acceptors (Lipinski definition) is 4. The third-order valence-electron chi connectivity index (χ3n) is 2.88. The minimum Gasteiger partial charge on any atom is -0.439 e. The normalized spacial score (nSPS) is 11.2. The van der Waals surface area contributed by atoms with Crippen molar-refractivity contribution in [1.82, 2.24) is 14.8 Å². The van der Waals surface area contributed by atoms with Crippen molar-refractivity contribution < 1.29 is 4.42 Å². The number of nitrogens with zero attached hydrogens (tertiary/aromatic N) is 3. The molecule has 0 amide bonds. The van der Waals surface area contributed by atoms with Crippen LogP contribution in [0.4, 0.5) is 5.69 Å². The Labute approximate surface area is 104 Å². The molecular weight excluding hydrogens is 228 g/mol. The summed E-state index contributed by atoms with van der Waals surface area (Å²) in [5.41, 5.74) is 9.99. The lowest BCUT2D eigenvalue weighted by Gasteiger charge is -1.99. The molecule has 92 valence electrons. The molecule has 18 heavy (non-hydrogen) atoms. The number of nitrogen functional groups attached to an aromatic ring is 1. The predicted molar refractivity (Wildman–Crippen MR) is 69.2 cm³/mol. The summed E-state index contributed by atoms with van der Waals surface area (Å²) in [6, 6.07) is 7.56. The van der Waals surface area contributed by atoms with Crippen molar-refractivity contribution in [2.24, 2.45) is 0 Å². The van der Waals surface area contributed by atoms with Crippen LogP contribution in [-0.2, 0) is 6.54 Å². The van der Waals surface area contributed by atoms with Gasteiger partial charge in [-0.05, 0) is 32.0 Å². The van der Waals surface area contributed by atoms with Crippen LogP contribution >= 0.6 is 0 Å². The van der Waals surface area contributed by atoms with E-state index >= 15 is 0 Å². The van der Waals surface area contributed by atoms with Crippen LogP contribution in [0.1, 0.15) is 17.3 Å². The standard InChI is InChI=1S/C13H14N4O/c1-8-6-9(2)17(16-8)7-12-15-13-10(14)4-3-5-11(13)18-12/h3-6H,7,14H2,1-2H3. The van der Waals surface area contributed by atoms with E-state index in [9.17, 15) is 0 Å². The van der Waals surface area contributed by atoms with Gasteiger partial charge in [0.2, 0.25) is 5.89 Å². The average molecular weight is 242 g/mol. The first-order valence-electron chi connectivity index (χ1n) is 5.78. The summed E-state index contributed by atoms with van der Waals surface area (Å²) >= 11 is 0. The van der Waals surface area contributed by atoms with Crippen molar-refractivity contribution in [2.75, 3.05) is 5.73 Å². The molecule has 0 aliphatic rings. The molecule has 0 spiro atoms. The second-order valence-corrected chi connectivity index (χ2v) is 4.39. The van der Waals surface area contributed by atoms with E-state index in [2.05, 4.69) is 10.1 Å². The van der Waals surface area contributed by atoms with E-state index in [0.29, 0.717) is 29.2 Å². The maximum Gasteiger partial charge on any atom is 0.217 e. The Morgan fingerprint density at radius 1 is 1.33 bits per heavy atom. The lowest BCUT2D eigenvalue weighted by atomic mass is 10.3. The summed E-state index contributed by atoms with van der Waals surface area (Å²) in [5.74, 6) is 0.620. The molecular formula is C13H14N4O. The van der Waals surface area contributed by atoms with Gasteiger partial charge in [-0.25, -0.2) is 4.98 Å². The summed E-state index contributed by atoms with van der Waals surface area (Å²) in [6.07, 6.45) is 0. The lowest BCUT2D eigenvalue weighted by molar-refractivity contribution is 0.486. The first-order valence-corrected chi connectivity index (χ1v) is 5.78. The minimum atomic E-state index is 0.522. The van der Waals surface area contributed by atoms with Crippen molar-refractivity contribution in [2.45, 2.75) is 20.4 Å². The molecule has 0 atom stereocenters. The van der Waals surface area contributed by atoms with Gasteiger partial charge in [0.05, 0.1) is 11.4 Å². The monoisotopic (exact) mass is 242 g/mol. The largest absolute Gasteiger partial charge is 0.439 e. The molecule has 2 heterocycles. The smallest absolute Gasteiger partial charge is 0.217 e. The van der Waals surface area contributed by atoms with Crippen molar-refractivity contribution in [3.05, 3.63) is 41.5 Å². The first-order chi connectivity index (χ1) is 8.63. The zero-order valence-electron chi connectivity index (χ0n) is 10.3. The number of benzene rings is 1. The summed E-state index contributed by atoms with van der Waals surface area (Å²) in [7, 11) is 0. The molecule has 3 rings (SSSR count). The number of fused-ring (bicyclic) bond motifs is 1. The molecule has 0 bridgehead atoms. The van der Waals surface area contributed by atoms with E-state index in [4.69, 9.17) is 10.2 Å². The van der Waals surface area contributed by atoms with E-state index in [1.54, 1.807) is 0 Å². The third-order valence-corrected chi connectivity index (χ3v) is 2.88. The molecule has 3 aromatic rings. The van der Waals surface area contributed by atoms with Gasteiger partial charge in [0.15, 0.2) is 5.58 Å². The number of para-hydroxylation sites is 1. The quantitative estimate of drug-likeness (QED) is 0.700. The highest BCUT2D eigenvalue weighted by Gasteiger charge is 2.10. The number of anilines is 1. The summed E-state index contributed by atoms with van der Waals surface area (Å²) < 4.78 is 7.54. The highest BCUT2D eigenvalue weighted by molar-refractivity contribution is 5.85. The number of oxazole rings is 1. The van der Waals surface area contributed by atoms with Gasteiger partial charge >= 0.3 is 0 Å². The minimum absolute atomic E-state index is 0.522. The van der Waals surface area contributed by atoms with Gasteiger partial charge in [-0.1, -0.05) is 6.07 Å². The predicted octanol–water partition coefficient (Wildman–Crippen LogP) is 2.27. The van der Waals surface area contributed by atoms with Crippen LogP contribution in [0.5, 0.6) is 0 Å². The summed E-state index contributed by atoms with van der Waals surface area (Å²) in [5, 5.41) is 4.38. The number of rotatable bonds is 2. The highest BCUT2D eigenvalue weighted by Crippen LogP contribution is 2.21. The van der Waals surface area contributed by atoms with Gasteiger partial charge in [-0.15, -0.1) is 0 Å². The van der Waals surface area contributed by atoms with E-state index in [1.165, 1.54) is 0 Å². The van der Waals surface area contributed by atoms with Crippen molar-refractivity contribution >= 4 is 16.8 Å². The topological polar surface area (TPSA) is 69.9 Å². The average Bonchev–Trinajstić information content (AvgIpc) is 2.84. The Morgan fingerprint density at radius 2 is 2.17 bits per heavy atom. The number of hydrogen-bond donors (Lipinski definition) is 1. The van der Waals surface area contributed by atoms with Crippen molar-refractivity contribution in [3.63, 3.8) is 0 Å². The van der Waals surface area contributed by atoms with E-state index in [1.807, 2.05) is 42.8 Å². The van der Waals surface area contributed by atoms with E-state index < -0.39 is 0 Å². The molecule has 0 unspecified atom stereocenters. The number of nitrogens with two attached hydrogens (primary N) is 1. The zero-order chi connectivity index (χ0) is 12.7. The molecule has 5 heteroatoms. The molecule has 0 saturated heterocycles. The first kappa shape index (κ1) is 10.8. The summed E-state index contributed by atoms with van der Waals surface area (Å²) in [6.45, 7) is 4.50.